The number of hydrogen-bond acceptors (Lipinski definition) is 5. The Kier molecular flexibility index (Phi) is 8.97. The van der Waals surface area contributed by atoms with E-state index in [1.54, 1.807) is 41.2 Å². The van der Waals surface area contributed by atoms with Crippen LogP contribution in [0.4, 0.5) is 5.69 Å². The van der Waals surface area contributed by atoms with Gasteiger partial charge in [0.1, 0.15) is 29.7 Å². The molecule has 1 aromatic heterocycles. The number of benzene rings is 4. The fourth-order valence-electron chi connectivity index (χ4n) is 4.22. The highest BCUT2D eigenvalue weighted by atomic mass is 35.5. The fraction of sp³-hybridized carbons (Fsp3) is 0.0882. The molecule has 0 aliphatic heterocycles. The van der Waals surface area contributed by atoms with Crippen molar-refractivity contribution in [3.63, 3.8) is 0 Å². The van der Waals surface area contributed by atoms with E-state index in [9.17, 15) is 10.1 Å². The molecule has 42 heavy (non-hydrogen) atoms. The van der Waals surface area contributed by atoms with Gasteiger partial charge < -0.3 is 14.8 Å². The van der Waals surface area contributed by atoms with Gasteiger partial charge in [-0.3, -0.25) is 4.79 Å². The van der Waals surface area contributed by atoms with Crippen LogP contribution < -0.4 is 14.8 Å². The van der Waals surface area contributed by atoms with E-state index in [4.69, 9.17) is 26.2 Å². The van der Waals surface area contributed by atoms with Crippen LogP contribution in [0.1, 0.15) is 18.1 Å². The normalized spacial score (nSPS) is 11.0. The van der Waals surface area contributed by atoms with Gasteiger partial charge in [0.15, 0.2) is 0 Å². The van der Waals surface area contributed by atoms with Crippen molar-refractivity contribution in [2.45, 2.75) is 13.5 Å². The topological polar surface area (TPSA) is 89.2 Å². The summed E-state index contributed by atoms with van der Waals surface area (Å²) in [7, 11) is 0. The Hall–Kier alpha value is -5.32. The number of nitriles is 1. The van der Waals surface area contributed by atoms with E-state index in [1.807, 2.05) is 91.9 Å². The second kappa shape index (κ2) is 13.4. The Balaban J connectivity index is 1.42. The predicted molar refractivity (Wildman–Crippen MR) is 165 cm³/mol. The number of nitrogens with one attached hydrogen (secondary N) is 1. The van der Waals surface area contributed by atoms with Gasteiger partial charge in [-0.15, -0.1) is 0 Å². The van der Waals surface area contributed by atoms with Gasteiger partial charge in [-0.05, 0) is 79.7 Å². The Morgan fingerprint density at radius 1 is 0.929 bits per heavy atom. The Morgan fingerprint density at radius 2 is 1.60 bits per heavy atom. The third-order valence-electron chi connectivity index (χ3n) is 6.33. The maximum atomic E-state index is 13.1. The summed E-state index contributed by atoms with van der Waals surface area (Å²) < 4.78 is 13.1. The van der Waals surface area contributed by atoms with E-state index in [1.165, 1.54) is 0 Å². The molecule has 5 aromatic rings. The average Bonchev–Trinajstić information content (AvgIpc) is 3.45. The number of hydrogen-bond donors (Lipinski definition) is 1. The molecule has 208 valence electrons. The monoisotopic (exact) mass is 574 g/mol. The fourth-order valence-corrected chi connectivity index (χ4v) is 4.41. The molecule has 0 bridgehead atoms. The lowest BCUT2D eigenvalue weighted by molar-refractivity contribution is -0.112. The molecule has 1 amide bonds. The highest BCUT2D eigenvalue weighted by Crippen LogP contribution is 2.28. The number of halogens is 1. The van der Waals surface area contributed by atoms with Crippen molar-refractivity contribution in [3.05, 3.63) is 131 Å². The third-order valence-corrected chi connectivity index (χ3v) is 6.70. The van der Waals surface area contributed by atoms with Crippen LogP contribution in [-0.4, -0.2) is 22.3 Å². The molecular weight excluding hydrogens is 548 g/mol. The number of ether oxygens (including phenoxy) is 2. The van der Waals surface area contributed by atoms with E-state index in [0.717, 1.165) is 16.8 Å². The van der Waals surface area contributed by atoms with Gasteiger partial charge in [0.05, 0.1) is 18.0 Å². The second-order valence-corrected chi connectivity index (χ2v) is 9.61. The van der Waals surface area contributed by atoms with Gasteiger partial charge in [0.25, 0.3) is 5.91 Å². The summed E-state index contributed by atoms with van der Waals surface area (Å²) in [4.78, 5) is 13.1. The van der Waals surface area contributed by atoms with Crippen LogP contribution >= 0.6 is 11.6 Å². The lowest BCUT2D eigenvalue weighted by Crippen LogP contribution is -2.13. The number of amides is 1. The lowest BCUT2D eigenvalue weighted by Gasteiger charge is -2.08. The molecule has 1 N–H and O–H groups in total. The Morgan fingerprint density at radius 3 is 2.29 bits per heavy atom. The molecule has 5 rings (SSSR count). The minimum absolute atomic E-state index is 0.0579. The molecule has 0 aliphatic rings. The van der Waals surface area contributed by atoms with E-state index in [-0.39, 0.29) is 5.57 Å². The summed E-state index contributed by atoms with van der Waals surface area (Å²) in [5.74, 6) is 0.846. The Bertz CT molecular complexity index is 1740. The van der Waals surface area contributed by atoms with E-state index in [0.29, 0.717) is 46.7 Å². The van der Waals surface area contributed by atoms with Gasteiger partial charge in [-0.2, -0.15) is 10.4 Å². The summed E-state index contributed by atoms with van der Waals surface area (Å²) in [6.45, 7) is 2.79. The molecule has 0 atom stereocenters. The number of carbonyl (C=O) groups is 1. The molecule has 7 nitrogen and oxygen atoms in total. The van der Waals surface area contributed by atoms with Crippen molar-refractivity contribution >= 4 is 29.3 Å². The molecule has 0 saturated carbocycles. The zero-order valence-electron chi connectivity index (χ0n) is 22.8. The third kappa shape index (κ3) is 6.87. The van der Waals surface area contributed by atoms with E-state index in [2.05, 4.69) is 5.32 Å². The van der Waals surface area contributed by atoms with Crippen LogP contribution in [-0.2, 0) is 11.4 Å². The van der Waals surface area contributed by atoms with Gasteiger partial charge in [-0.1, -0.05) is 48.0 Å². The molecular formula is C34H27ClN4O3. The Labute approximate surface area is 249 Å². The van der Waals surface area contributed by atoms with Crippen LogP contribution in [0.3, 0.4) is 0 Å². The molecule has 0 unspecified atom stereocenters. The summed E-state index contributed by atoms with van der Waals surface area (Å²) in [5.41, 5.74) is 4.25. The number of carbonyl (C=O) groups excluding carboxylic acids is 1. The van der Waals surface area contributed by atoms with Gasteiger partial charge in [-0.25, -0.2) is 4.68 Å². The quantitative estimate of drug-likeness (QED) is 0.136. The summed E-state index contributed by atoms with van der Waals surface area (Å²) in [6.07, 6.45) is 3.35. The highest BCUT2D eigenvalue weighted by molar-refractivity contribution is 6.31. The van der Waals surface area contributed by atoms with Crippen molar-refractivity contribution in [1.82, 2.24) is 9.78 Å². The number of nitrogens with zero attached hydrogens (tertiary/aromatic N) is 3. The average molecular weight is 575 g/mol. The zero-order chi connectivity index (χ0) is 29.3. The minimum Gasteiger partial charge on any atom is -0.494 e. The largest absolute Gasteiger partial charge is 0.494 e. The second-order valence-electron chi connectivity index (χ2n) is 9.20. The smallest absolute Gasteiger partial charge is 0.266 e. The molecule has 8 heteroatoms. The van der Waals surface area contributed by atoms with E-state index >= 15 is 0 Å². The SMILES string of the molecule is CCOc1ccc(NC(=O)/C(C#N)=C\c2cn(-c3ccccc3)nc2-c2ccc(OCc3ccccc3Cl)cc2)cc1. The van der Waals surface area contributed by atoms with E-state index < -0.39 is 5.91 Å². The zero-order valence-corrected chi connectivity index (χ0v) is 23.6. The number of anilines is 1. The van der Waals surface area contributed by atoms with Crippen molar-refractivity contribution in [2.24, 2.45) is 0 Å². The molecule has 0 spiro atoms. The number of rotatable bonds is 10. The maximum absolute atomic E-state index is 13.1. The minimum atomic E-state index is -0.525. The van der Waals surface area contributed by atoms with Crippen molar-refractivity contribution in [1.29, 1.82) is 5.26 Å². The van der Waals surface area contributed by atoms with Gasteiger partial charge in [0, 0.05) is 33.6 Å². The molecule has 0 aliphatic carbocycles. The molecule has 0 fully saturated rings. The number of para-hydroxylation sites is 1. The highest BCUT2D eigenvalue weighted by Gasteiger charge is 2.16. The molecule has 0 saturated heterocycles. The van der Waals surface area contributed by atoms with Gasteiger partial charge >= 0.3 is 0 Å². The molecule has 0 radical (unpaired) electrons. The van der Waals surface area contributed by atoms with Crippen LogP contribution in [0.5, 0.6) is 11.5 Å². The van der Waals surface area contributed by atoms with Crippen molar-refractivity contribution < 1.29 is 14.3 Å². The lowest BCUT2D eigenvalue weighted by atomic mass is 10.1. The van der Waals surface area contributed by atoms with Crippen molar-refractivity contribution in [3.8, 4) is 34.5 Å². The van der Waals surface area contributed by atoms with Crippen LogP contribution in [0.15, 0.2) is 115 Å². The molecule has 1 heterocycles. The van der Waals surface area contributed by atoms with Crippen LogP contribution in [0, 0.1) is 11.3 Å². The summed E-state index contributed by atoms with van der Waals surface area (Å²) in [6, 6.07) is 33.7. The van der Waals surface area contributed by atoms with Crippen LogP contribution in [0.25, 0.3) is 23.0 Å². The summed E-state index contributed by atoms with van der Waals surface area (Å²) >= 11 is 6.25. The van der Waals surface area contributed by atoms with Crippen molar-refractivity contribution in [2.75, 3.05) is 11.9 Å². The number of aromatic nitrogens is 2. The first-order chi connectivity index (χ1) is 20.5. The first-order valence-corrected chi connectivity index (χ1v) is 13.7. The predicted octanol–water partition coefficient (Wildman–Crippen LogP) is 7.72. The first-order valence-electron chi connectivity index (χ1n) is 13.3. The maximum Gasteiger partial charge on any atom is 0.266 e. The first kappa shape index (κ1) is 28.2. The van der Waals surface area contributed by atoms with Crippen LogP contribution in [0.2, 0.25) is 5.02 Å². The molecule has 4 aromatic carbocycles. The van der Waals surface area contributed by atoms with Gasteiger partial charge in [0.2, 0.25) is 0 Å². The standard InChI is InChI=1S/C34H27ClN4O3/c1-2-41-30-18-14-28(15-19-30)37-34(40)26(21-36)20-27-22-39(29-9-4-3-5-10-29)38-33(27)24-12-16-31(17-13-24)42-23-25-8-6-7-11-32(25)35/h3-20,22H,2,23H2,1H3,(H,37,40)/b26-20-. The summed E-state index contributed by atoms with van der Waals surface area (Å²) in [5, 5.41) is 18.1.